The van der Waals surface area contributed by atoms with Gasteiger partial charge in [0.15, 0.2) is 0 Å². The number of halogens is 2. The molecule has 1 aliphatic heterocycles. The standard InChI is InChI=1S/C27H24ClFN6O2/c1-33-10-11-35(27(33)37)24-3-2-17(12-23(24)28)21-14-19(29)15-22(26(21)36)18-5-7-32-25(13-18)34-9-8-31-20(16-34)4-6-30/h2-3,5,7,10-15,20,31,36H,4,8-9,16H2,1H3/t20-/m1/s1. The summed E-state index contributed by atoms with van der Waals surface area (Å²) in [5.74, 6) is 0.0756. The number of nitrogens with one attached hydrogen (secondary N) is 1. The largest absolute Gasteiger partial charge is 0.507 e. The topological polar surface area (TPSA) is 99.1 Å². The second-order valence-electron chi connectivity index (χ2n) is 8.94. The maximum atomic E-state index is 14.8. The summed E-state index contributed by atoms with van der Waals surface area (Å²) in [6.45, 7) is 2.06. The first-order valence-corrected chi connectivity index (χ1v) is 12.1. The molecule has 0 aliphatic carbocycles. The van der Waals surface area contributed by atoms with Gasteiger partial charge < -0.3 is 19.9 Å². The van der Waals surface area contributed by atoms with Gasteiger partial charge in [0, 0.05) is 62.4 Å². The van der Waals surface area contributed by atoms with Gasteiger partial charge in [-0.2, -0.15) is 5.26 Å². The fourth-order valence-electron chi connectivity index (χ4n) is 4.60. The lowest BCUT2D eigenvalue weighted by molar-refractivity contribution is 0.460. The summed E-state index contributed by atoms with van der Waals surface area (Å²) in [7, 11) is 1.64. The molecule has 3 heterocycles. The van der Waals surface area contributed by atoms with E-state index in [2.05, 4.69) is 21.3 Å². The van der Waals surface area contributed by atoms with Crippen LogP contribution in [0.2, 0.25) is 5.02 Å². The van der Waals surface area contributed by atoms with Crippen LogP contribution in [-0.4, -0.2) is 44.9 Å². The molecule has 0 radical (unpaired) electrons. The van der Waals surface area contributed by atoms with Gasteiger partial charge in [0.2, 0.25) is 0 Å². The molecule has 0 bridgehead atoms. The van der Waals surface area contributed by atoms with E-state index in [4.69, 9.17) is 16.9 Å². The molecule has 1 atom stereocenters. The van der Waals surface area contributed by atoms with Crippen LogP contribution in [-0.2, 0) is 7.05 Å². The Kier molecular flexibility index (Phi) is 6.70. The lowest BCUT2D eigenvalue weighted by atomic mass is 9.97. The van der Waals surface area contributed by atoms with Crippen LogP contribution in [0.4, 0.5) is 10.2 Å². The van der Waals surface area contributed by atoms with Gasteiger partial charge >= 0.3 is 5.69 Å². The highest BCUT2D eigenvalue weighted by Gasteiger charge is 2.21. The van der Waals surface area contributed by atoms with Crippen LogP contribution in [0, 0.1) is 17.1 Å². The molecule has 5 rings (SSSR count). The number of pyridine rings is 1. The maximum absolute atomic E-state index is 14.8. The van der Waals surface area contributed by atoms with E-state index in [9.17, 15) is 14.3 Å². The predicted molar refractivity (Wildman–Crippen MR) is 141 cm³/mol. The molecule has 1 aliphatic rings. The lowest BCUT2D eigenvalue weighted by Gasteiger charge is -2.33. The number of hydrogen-bond acceptors (Lipinski definition) is 6. The molecule has 0 spiro atoms. The molecule has 1 saturated heterocycles. The van der Waals surface area contributed by atoms with Crippen LogP contribution in [0.25, 0.3) is 27.9 Å². The van der Waals surface area contributed by atoms with Gasteiger partial charge in [-0.3, -0.25) is 4.57 Å². The molecule has 2 aromatic carbocycles. The molecule has 0 saturated carbocycles. The zero-order chi connectivity index (χ0) is 26.1. The average Bonchev–Trinajstić information content (AvgIpc) is 3.23. The number of rotatable bonds is 5. The second-order valence-corrected chi connectivity index (χ2v) is 9.35. The summed E-state index contributed by atoms with van der Waals surface area (Å²) in [5, 5.41) is 23.9. The number of piperazine rings is 1. The first-order valence-electron chi connectivity index (χ1n) is 11.7. The summed E-state index contributed by atoms with van der Waals surface area (Å²) in [6.07, 6.45) is 5.26. The summed E-state index contributed by atoms with van der Waals surface area (Å²) in [6, 6.07) is 13.2. The van der Waals surface area contributed by atoms with E-state index in [1.807, 2.05) is 6.07 Å². The zero-order valence-corrected chi connectivity index (χ0v) is 20.8. The lowest BCUT2D eigenvalue weighted by Crippen LogP contribution is -2.50. The number of aromatic hydroxyl groups is 1. The van der Waals surface area contributed by atoms with Crippen molar-refractivity contribution < 1.29 is 9.50 Å². The highest BCUT2D eigenvalue weighted by molar-refractivity contribution is 6.32. The minimum atomic E-state index is -0.517. The van der Waals surface area contributed by atoms with Crippen molar-refractivity contribution in [3.8, 4) is 39.8 Å². The van der Waals surface area contributed by atoms with Gasteiger partial charge in [-0.1, -0.05) is 17.7 Å². The fraction of sp³-hybridized carbons (Fsp3) is 0.222. The number of aromatic nitrogens is 3. The number of nitriles is 1. The van der Waals surface area contributed by atoms with E-state index < -0.39 is 5.82 Å². The van der Waals surface area contributed by atoms with Gasteiger partial charge in [0.25, 0.3) is 0 Å². The smallest absolute Gasteiger partial charge is 0.332 e. The highest BCUT2D eigenvalue weighted by Crippen LogP contribution is 2.40. The molecular weight excluding hydrogens is 495 g/mol. The molecule has 0 unspecified atom stereocenters. The van der Waals surface area contributed by atoms with E-state index in [-0.39, 0.29) is 28.1 Å². The number of aryl methyl sites for hydroxylation is 1. The molecule has 4 aromatic rings. The van der Waals surface area contributed by atoms with Crippen molar-refractivity contribution in [1.82, 2.24) is 19.4 Å². The Labute approximate surface area is 217 Å². The Morgan fingerprint density at radius 3 is 2.62 bits per heavy atom. The molecule has 0 amide bonds. The monoisotopic (exact) mass is 518 g/mol. The average molecular weight is 519 g/mol. The van der Waals surface area contributed by atoms with Crippen LogP contribution < -0.4 is 15.9 Å². The van der Waals surface area contributed by atoms with Gasteiger partial charge in [-0.25, -0.2) is 14.2 Å². The molecule has 37 heavy (non-hydrogen) atoms. The number of phenols is 1. The maximum Gasteiger partial charge on any atom is 0.332 e. The van der Waals surface area contributed by atoms with Crippen molar-refractivity contribution in [3.05, 3.63) is 82.4 Å². The second kappa shape index (κ2) is 10.1. The Balaban J connectivity index is 1.51. The Hall–Kier alpha value is -4.13. The first kappa shape index (κ1) is 24.6. The molecule has 1 fully saturated rings. The van der Waals surface area contributed by atoms with Crippen molar-refractivity contribution in [2.75, 3.05) is 24.5 Å². The third kappa shape index (κ3) is 4.81. The minimum Gasteiger partial charge on any atom is -0.507 e. The Morgan fingerprint density at radius 1 is 1.19 bits per heavy atom. The van der Waals surface area contributed by atoms with E-state index in [1.54, 1.807) is 49.9 Å². The molecule has 8 nitrogen and oxygen atoms in total. The van der Waals surface area contributed by atoms with Crippen molar-refractivity contribution >= 4 is 17.4 Å². The SMILES string of the molecule is Cn1ccn(-c2ccc(-c3cc(F)cc(-c4ccnc(N5CCN[C@H](CC#N)C5)c4)c3O)cc2Cl)c1=O. The Bertz CT molecular complexity index is 1570. The number of phenolic OH excluding ortho intramolecular Hbond substituents is 1. The van der Waals surface area contributed by atoms with Crippen LogP contribution in [0.3, 0.4) is 0 Å². The normalized spacial score (nSPS) is 15.5. The van der Waals surface area contributed by atoms with Crippen molar-refractivity contribution in [2.24, 2.45) is 7.05 Å². The summed E-state index contributed by atoms with van der Waals surface area (Å²) < 4.78 is 17.7. The number of nitrogens with zero attached hydrogens (tertiary/aromatic N) is 5. The molecule has 2 aromatic heterocycles. The third-order valence-electron chi connectivity index (χ3n) is 6.51. The highest BCUT2D eigenvalue weighted by atomic mass is 35.5. The third-order valence-corrected chi connectivity index (χ3v) is 6.82. The Morgan fingerprint density at radius 2 is 1.95 bits per heavy atom. The summed E-state index contributed by atoms with van der Waals surface area (Å²) in [5.41, 5.74) is 1.95. The number of hydrogen-bond donors (Lipinski definition) is 2. The van der Waals surface area contributed by atoms with Gasteiger partial charge in [-0.05, 0) is 47.5 Å². The van der Waals surface area contributed by atoms with Gasteiger partial charge in [-0.15, -0.1) is 0 Å². The van der Waals surface area contributed by atoms with Crippen LogP contribution in [0.5, 0.6) is 5.75 Å². The van der Waals surface area contributed by atoms with Gasteiger partial charge in [0.1, 0.15) is 17.4 Å². The number of anilines is 1. The van der Waals surface area contributed by atoms with Crippen molar-refractivity contribution in [1.29, 1.82) is 5.26 Å². The fourth-order valence-corrected chi connectivity index (χ4v) is 4.87. The number of imidazole rings is 1. The predicted octanol–water partition coefficient (Wildman–Crippen LogP) is 4.09. The summed E-state index contributed by atoms with van der Waals surface area (Å²) >= 11 is 6.50. The van der Waals surface area contributed by atoms with E-state index >= 15 is 0 Å². The first-order chi connectivity index (χ1) is 17.9. The molecule has 10 heteroatoms. The molecule has 2 N–H and O–H groups in total. The van der Waals surface area contributed by atoms with Gasteiger partial charge in [0.05, 0.1) is 23.2 Å². The van der Waals surface area contributed by atoms with Crippen LogP contribution >= 0.6 is 11.6 Å². The van der Waals surface area contributed by atoms with E-state index in [1.165, 1.54) is 21.3 Å². The van der Waals surface area contributed by atoms with Crippen molar-refractivity contribution in [3.63, 3.8) is 0 Å². The zero-order valence-electron chi connectivity index (χ0n) is 20.0. The van der Waals surface area contributed by atoms with E-state index in [0.29, 0.717) is 47.7 Å². The number of benzene rings is 2. The van der Waals surface area contributed by atoms with Crippen molar-refractivity contribution in [2.45, 2.75) is 12.5 Å². The van der Waals surface area contributed by atoms with Crippen LogP contribution in [0.15, 0.2) is 65.8 Å². The molecule has 188 valence electrons. The summed E-state index contributed by atoms with van der Waals surface area (Å²) in [4.78, 5) is 18.9. The van der Waals surface area contributed by atoms with E-state index in [0.717, 1.165) is 6.54 Å². The van der Waals surface area contributed by atoms with Crippen LogP contribution in [0.1, 0.15) is 6.42 Å². The quantitative estimate of drug-likeness (QED) is 0.413. The minimum absolute atomic E-state index is 0.0397. The molecular formula is C27H24ClFN6O2.